The van der Waals surface area contributed by atoms with Gasteiger partial charge in [0.25, 0.3) is 11.8 Å². The Hall–Kier alpha value is -4.62. The minimum atomic E-state index is -1.44. The molecule has 0 spiro atoms. The Morgan fingerprint density at radius 1 is 0.732 bits per heavy atom. The first-order chi connectivity index (χ1) is 19.5. The Kier molecular flexibility index (Phi) is 8.79. The number of likely N-dealkylation sites (tertiary alicyclic amines) is 2. The van der Waals surface area contributed by atoms with Gasteiger partial charge in [0.05, 0.1) is 24.0 Å². The third-order valence-corrected chi connectivity index (χ3v) is 7.59. The lowest BCUT2D eigenvalue weighted by Gasteiger charge is -2.26. The summed E-state index contributed by atoms with van der Waals surface area (Å²) in [4.78, 5) is 76.5. The molecule has 2 aromatic heterocycles. The summed E-state index contributed by atoms with van der Waals surface area (Å²) in [5.74, 6) is -4.72. The van der Waals surface area contributed by atoms with Gasteiger partial charge in [0.1, 0.15) is 11.4 Å². The molecule has 0 saturated carbocycles. The van der Waals surface area contributed by atoms with Gasteiger partial charge in [0.2, 0.25) is 11.8 Å². The van der Waals surface area contributed by atoms with Crippen molar-refractivity contribution in [1.29, 1.82) is 0 Å². The Balaban J connectivity index is 1.29. The van der Waals surface area contributed by atoms with E-state index in [1.165, 1.54) is 0 Å². The lowest BCUT2D eigenvalue weighted by Crippen LogP contribution is -2.47. The topological polar surface area (TPSA) is 189 Å². The number of nitrogens with zero attached hydrogens (tertiary/aromatic N) is 4. The number of hydrogen-bond donors (Lipinski definition) is 2. The zero-order chi connectivity index (χ0) is 29.8. The van der Waals surface area contributed by atoms with Crippen molar-refractivity contribution in [3.05, 3.63) is 48.0 Å². The van der Waals surface area contributed by atoms with Crippen molar-refractivity contribution in [1.82, 2.24) is 29.6 Å². The molecule has 2 N–H and O–H groups in total. The molecule has 4 amide bonds. The largest absolute Gasteiger partial charge is 0.548 e. The molecule has 4 atom stereocenters. The van der Waals surface area contributed by atoms with Gasteiger partial charge in [-0.15, -0.1) is 0 Å². The van der Waals surface area contributed by atoms with Crippen molar-refractivity contribution >= 4 is 35.6 Å². The van der Waals surface area contributed by atoms with E-state index < -0.39 is 59.7 Å². The normalized spacial score (nSPS) is 22.0. The van der Waals surface area contributed by atoms with Gasteiger partial charge in [-0.05, 0) is 43.5 Å². The maximum absolute atomic E-state index is 12.9. The monoisotopic (exact) mass is 568 g/mol. The van der Waals surface area contributed by atoms with Gasteiger partial charge in [0.15, 0.2) is 0 Å². The number of hydrogen-bond acceptors (Lipinski definition) is 8. The van der Waals surface area contributed by atoms with Crippen LogP contribution in [-0.4, -0.2) is 91.8 Å². The van der Waals surface area contributed by atoms with Crippen LogP contribution >= 0.6 is 0 Å². The molecule has 4 rings (SSSR count). The van der Waals surface area contributed by atoms with E-state index >= 15 is 0 Å². The van der Waals surface area contributed by atoms with Crippen LogP contribution in [0.4, 0.5) is 0 Å². The van der Waals surface area contributed by atoms with E-state index in [1.807, 2.05) is 0 Å². The van der Waals surface area contributed by atoms with E-state index in [4.69, 9.17) is 0 Å². The molecule has 0 bridgehead atoms. The van der Waals surface area contributed by atoms with Crippen LogP contribution in [0.2, 0.25) is 0 Å². The van der Waals surface area contributed by atoms with Crippen molar-refractivity contribution < 1.29 is 39.0 Å². The van der Waals surface area contributed by atoms with Gasteiger partial charge in [-0.2, -0.15) is 0 Å². The number of amides is 4. The summed E-state index contributed by atoms with van der Waals surface area (Å²) in [5, 5.41) is 28.9. The Bertz CT molecular complexity index is 1250. The molecule has 2 fully saturated rings. The number of carbonyl (C=O) groups excluding carboxylic acids is 6. The Morgan fingerprint density at radius 3 is 1.44 bits per heavy atom. The average Bonchev–Trinajstić information content (AvgIpc) is 3.70. The van der Waals surface area contributed by atoms with Crippen LogP contribution in [0.3, 0.4) is 0 Å². The number of carbonyl (C=O) groups is 6. The third kappa shape index (κ3) is 6.58. The molecule has 2 saturated heterocycles. The first-order valence-electron chi connectivity index (χ1n) is 13.3. The highest BCUT2D eigenvalue weighted by molar-refractivity contribution is 5.94. The van der Waals surface area contributed by atoms with Crippen LogP contribution < -0.4 is 20.8 Å². The van der Waals surface area contributed by atoms with Crippen molar-refractivity contribution in [2.45, 2.75) is 56.3 Å². The average molecular weight is 569 g/mol. The van der Waals surface area contributed by atoms with Crippen LogP contribution in [0.25, 0.3) is 0 Å². The van der Waals surface area contributed by atoms with Gasteiger partial charge in [0, 0.05) is 64.5 Å². The second-order valence-corrected chi connectivity index (χ2v) is 10.4. The fourth-order valence-electron chi connectivity index (χ4n) is 5.47. The van der Waals surface area contributed by atoms with E-state index in [1.54, 1.807) is 59.9 Å². The molecule has 220 valence electrons. The standard InChI is InChI=1S/C27H34N6O8/c1-30-10-4-6-18(30)24(36)28-16-12-20(26(38)39)32(14-16)22(34)8-3-9-23(35)33-15-17(13-21(33)27(40)41)29-25(37)19-7-5-11-31(19)2/h4-7,10-11,16-17,20-21H,3,8-9,12-15H2,1-2H3,(H,28,36)(H,29,37)(H,38,39)(H,40,41)/p-2/t16-,17-,20-,21-/m0/s1. The minimum Gasteiger partial charge on any atom is -0.548 e. The summed E-state index contributed by atoms with van der Waals surface area (Å²) in [7, 11) is 3.39. The number of aryl methyl sites for hydroxylation is 2. The Labute approximate surface area is 235 Å². The van der Waals surface area contributed by atoms with Gasteiger partial charge >= 0.3 is 0 Å². The highest BCUT2D eigenvalue weighted by atomic mass is 16.4. The van der Waals surface area contributed by atoms with Crippen molar-refractivity contribution in [2.75, 3.05) is 13.1 Å². The van der Waals surface area contributed by atoms with Crippen LogP contribution in [0.5, 0.6) is 0 Å². The molecule has 14 heteroatoms. The van der Waals surface area contributed by atoms with Gasteiger partial charge in [-0.3, -0.25) is 19.2 Å². The smallest absolute Gasteiger partial charge is 0.268 e. The minimum absolute atomic E-state index is 0.0138. The number of carboxylic acid groups (broad SMARTS) is 2. The van der Waals surface area contributed by atoms with Crippen molar-refractivity contribution in [3.8, 4) is 0 Å². The highest BCUT2D eigenvalue weighted by Gasteiger charge is 2.38. The number of rotatable bonds is 10. The zero-order valence-corrected chi connectivity index (χ0v) is 22.8. The molecule has 2 aliphatic heterocycles. The summed E-state index contributed by atoms with van der Waals surface area (Å²) in [6.45, 7) is -0.0496. The predicted molar refractivity (Wildman–Crippen MR) is 137 cm³/mol. The molecule has 0 aliphatic carbocycles. The van der Waals surface area contributed by atoms with E-state index in [0.717, 1.165) is 9.80 Å². The summed E-state index contributed by atoms with van der Waals surface area (Å²) in [5.41, 5.74) is 0.772. The summed E-state index contributed by atoms with van der Waals surface area (Å²) < 4.78 is 3.23. The summed E-state index contributed by atoms with van der Waals surface area (Å²) in [6, 6.07) is 2.98. The first-order valence-corrected chi connectivity index (χ1v) is 13.3. The molecular weight excluding hydrogens is 536 g/mol. The van der Waals surface area contributed by atoms with Crippen LogP contribution in [-0.2, 0) is 33.3 Å². The molecule has 4 heterocycles. The molecule has 0 unspecified atom stereocenters. The predicted octanol–water partition coefficient (Wildman–Crippen LogP) is -2.87. The molecule has 0 aromatic carbocycles. The molecule has 41 heavy (non-hydrogen) atoms. The molecule has 2 aliphatic rings. The number of aliphatic carboxylic acids is 2. The second-order valence-electron chi connectivity index (χ2n) is 10.4. The molecule has 0 radical (unpaired) electrons. The van der Waals surface area contributed by atoms with Gasteiger partial charge < -0.3 is 49.4 Å². The van der Waals surface area contributed by atoms with Crippen LogP contribution in [0, 0.1) is 0 Å². The third-order valence-electron chi connectivity index (χ3n) is 7.59. The number of nitrogens with one attached hydrogen (secondary N) is 2. The zero-order valence-electron chi connectivity index (χ0n) is 22.8. The summed E-state index contributed by atoms with van der Waals surface area (Å²) >= 11 is 0. The fourth-order valence-corrected chi connectivity index (χ4v) is 5.47. The quantitative estimate of drug-likeness (QED) is 0.306. The maximum atomic E-state index is 12.9. The van der Waals surface area contributed by atoms with E-state index in [9.17, 15) is 39.0 Å². The van der Waals surface area contributed by atoms with Crippen LogP contribution in [0.15, 0.2) is 36.7 Å². The SMILES string of the molecule is Cn1cccc1C(=O)N[C@H]1C[C@@H](C(=O)[O-])N(C(=O)CCCC(=O)N2C[C@@H](NC(=O)c3cccn3C)C[C@H]2C(=O)[O-])C1. The van der Waals surface area contributed by atoms with E-state index in [2.05, 4.69) is 10.6 Å². The van der Waals surface area contributed by atoms with Crippen LogP contribution in [0.1, 0.15) is 53.1 Å². The lowest BCUT2D eigenvalue weighted by atomic mass is 10.1. The number of aromatic nitrogens is 2. The maximum Gasteiger partial charge on any atom is 0.268 e. The molecule has 2 aromatic rings. The first kappa shape index (κ1) is 29.4. The van der Waals surface area contributed by atoms with Crippen molar-refractivity contribution in [2.24, 2.45) is 14.1 Å². The lowest BCUT2D eigenvalue weighted by molar-refractivity contribution is -0.311. The number of carboxylic acids is 2. The summed E-state index contributed by atoms with van der Waals surface area (Å²) in [6.07, 6.45) is 3.09. The molecular formula is C27H32N6O8-2. The van der Waals surface area contributed by atoms with Crippen molar-refractivity contribution in [3.63, 3.8) is 0 Å². The van der Waals surface area contributed by atoms with E-state index in [-0.39, 0.29) is 45.2 Å². The molecule has 14 nitrogen and oxygen atoms in total. The van der Waals surface area contributed by atoms with Gasteiger partial charge in [-0.1, -0.05) is 0 Å². The van der Waals surface area contributed by atoms with Gasteiger partial charge in [-0.25, -0.2) is 0 Å². The second kappa shape index (κ2) is 12.3. The highest BCUT2D eigenvalue weighted by Crippen LogP contribution is 2.22. The fraction of sp³-hybridized carbons (Fsp3) is 0.481. The van der Waals surface area contributed by atoms with E-state index in [0.29, 0.717) is 11.4 Å². The Morgan fingerprint density at radius 2 is 1.12 bits per heavy atom.